The highest BCUT2D eigenvalue weighted by Crippen LogP contribution is 2.22. The Balaban J connectivity index is 1.41. The molecule has 0 aromatic heterocycles. The van der Waals surface area contributed by atoms with Crippen molar-refractivity contribution >= 4 is 17.7 Å². The predicted octanol–water partition coefficient (Wildman–Crippen LogP) is 0.510. The van der Waals surface area contributed by atoms with Crippen molar-refractivity contribution in [2.75, 3.05) is 39.8 Å². The van der Waals surface area contributed by atoms with Crippen LogP contribution < -0.4 is 5.32 Å². The zero-order valence-corrected chi connectivity index (χ0v) is 14.4. The van der Waals surface area contributed by atoms with Crippen LogP contribution in [0.2, 0.25) is 0 Å². The van der Waals surface area contributed by atoms with Crippen molar-refractivity contribution in [1.29, 1.82) is 0 Å². The van der Waals surface area contributed by atoms with E-state index in [2.05, 4.69) is 17.3 Å². The maximum Gasteiger partial charge on any atom is 0.261 e. The predicted molar refractivity (Wildman–Crippen MR) is 91.3 cm³/mol. The zero-order chi connectivity index (χ0) is 17.8. The number of likely N-dealkylation sites (N-methyl/N-ethyl adjacent to an activating group) is 1. The highest BCUT2D eigenvalue weighted by atomic mass is 16.5. The van der Waals surface area contributed by atoms with Crippen LogP contribution in [0.1, 0.15) is 33.6 Å². The topological polar surface area (TPSA) is 79.0 Å². The van der Waals surface area contributed by atoms with Gasteiger partial charge in [-0.05, 0) is 25.6 Å². The summed E-state index contributed by atoms with van der Waals surface area (Å²) in [5, 5.41) is 2.83. The molecule has 2 heterocycles. The SMILES string of the molecule is CN1CCOC(CCNC(=O)CCN2C(=O)c3ccccc3C2=O)C1. The maximum absolute atomic E-state index is 12.2. The van der Waals surface area contributed by atoms with Crippen LogP contribution in [0.4, 0.5) is 0 Å². The minimum atomic E-state index is -0.327. The Morgan fingerprint density at radius 1 is 1.24 bits per heavy atom. The van der Waals surface area contributed by atoms with E-state index in [1.807, 2.05) is 0 Å². The minimum Gasteiger partial charge on any atom is -0.375 e. The molecular formula is C18H23N3O4. The van der Waals surface area contributed by atoms with Crippen molar-refractivity contribution in [2.24, 2.45) is 0 Å². The van der Waals surface area contributed by atoms with Gasteiger partial charge in [-0.2, -0.15) is 0 Å². The largest absolute Gasteiger partial charge is 0.375 e. The molecule has 0 saturated carbocycles. The molecule has 25 heavy (non-hydrogen) atoms. The lowest BCUT2D eigenvalue weighted by atomic mass is 10.1. The molecule has 0 spiro atoms. The fourth-order valence-corrected chi connectivity index (χ4v) is 3.16. The minimum absolute atomic E-state index is 0.0981. The number of amides is 3. The van der Waals surface area contributed by atoms with Gasteiger partial charge in [0, 0.05) is 32.6 Å². The number of benzene rings is 1. The summed E-state index contributed by atoms with van der Waals surface area (Å²) in [6, 6.07) is 6.73. The summed E-state index contributed by atoms with van der Waals surface area (Å²) in [6.45, 7) is 3.14. The van der Waals surface area contributed by atoms with Crippen molar-refractivity contribution < 1.29 is 19.1 Å². The molecule has 1 fully saturated rings. The Bertz CT molecular complexity index is 641. The van der Waals surface area contributed by atoms with Crippen LogP contribution in [-0.4, -0.2) is 73.5 Å². The Morgan fingerprint density at radius 2 is 1.92 bits per heavy atom. The number of ether oxygens (including phenoxy) is 1. The van der Waals surface area contributed by atoms with E-state index in [0.29, 0.717) is 17.7 Å². The first kappa shape index (κ1) is 17.6. The molecule has 3 rings (SSSR count). The van der Waals surface area contributed by atoms with Crippen molar-refractivity contribution in [3.63, 3.8) is 0 Å². The number of hydrogen-bond donors (Lipinski definition) is 1. The first-order valence-corrected chi connectivity index (χ1v) is 8.58. The van der Waals surface area contributed by atoms with Gasteiger partial charge in [0.05, 0.1) is 23.8 Å². The molecule has 0 radical (unpaired) electrons. The monoisotopic (exact) mass is 345 g/mol. The van der Waals surface area contributed by atoms with Crippen molar-refractivity contribution in [3.8, 4) is 0 Å². The normalized spacial score (nSPS) is 20.7. The van der Waals surface area contributed by atoms with E-state index in [9.17, 15) is 14.4 Å². The van der Waals surface area contributed by atoms with Crippen LogP contribution in [0.25, 0.3) is 0 Å². The third kappa shape index (κ3) is 4.05. The van der Waals surface area contributed by atoms with E-state index in [4.69, 9.17) is 4.74 Å². The van der Waals surface area contributed by atoms with E-state index < -0.39 is 0 Å². The smallest absolute Gasteiger partial charge is 0.261 e. The second-order valence-electron chi connectivity index (χ2n) is 6.45. The number of rotatable bonds is 6. The summed E-state index contributed by atoms with van der Waals surface area (Å²) in [5.74, 6) is -0.820. The van der Waals surface area contributed by atoms with Gasteiger partial charge in [-0.1, -0.05) is 12.1 Å². The first-order valence-electron chi connectivity index (χ1n) is 8.58. The number of nitrogens with one attached hydrogen (secondary N) is 1. The van der Waals surface area contributed by atoms with Crippen LogP contribution >= 0.6 is 0 Å². The number of imide groups is 1. The van der Waals surface area contributed by atoms with E-state index >= 15 is 0 Å². The number of carbonyl (C=O) groups excluding carboxylic acids is 3. The number of morpholine rings is 1. The number of hydrogen-bond acceptors (Lipinski definition) is 5. The van der Waals surface area contributed by atoms with Gasteiger partial charge in [0.15, 0.2) is 0 Å². The van der Waals surface area contributed by atoms with E-state index in [0.717, 1.165) is 31.0 Å². The van der Waals surface area contributed by atoms with Gasteiger partial charge in [0.25, 0.3) is 11.8 Å². The maximum atomic E-state index is 12.2. The number of nitrogens with zero attached hydrogens (tertiary/aromatic N) is 2. The lowest BCUT2D eigenvalue weighted by molar-refractivity contribution is -0.121. The molecule has 3 amide bonds. The second-order valence-corrected chi connectivity index (χ2v) is 6.45. The molecule has 1 saturated heterocycles. The third-order valence-electron chi connectivity index (χ3n) is 4.57. The molecule has 1 N–H and O–H groups in total. The fraction of sp³-hybridized carbons (Fsp3) is 0.500. The third-order valence-corrected chi connectivity index (χ3v) is 4.57. The van der Waals surface area contributed by atoms with Crippen LogP contribution in [0.5, 0.6) is 0 Å². The van der Waals surface area contributed by atoms with Gasteiger partial charge < -0.3 is 15.0 Å². The van der Waals surface area contributed by atoms with Gasteiger partial charge in [0.2, 0.25) is 5.91 Å². The molecule has 1 aromatic rings. The summed E-state index contributed by atoms with van der Waals surface area (Å²) in [7, 11) is 2.05. The highest BCUT2D eigenvalue weighted by Gasteiger charge is 2.34. The summed E-state index contributed by atoms with van der Waals surface area (Å²) in [6.07, 6.45) is 0.996. The molecule has 1 unspecified atom stereocenters. The Hall–Kier alpha value is -2.25. The Labute approximate surface area is 146 Å². The van der Waals surface area contributed by atoms with E-state index in [1.165, 1.54) is 0 Å². The van der Waals surface area contributed by atoms with Crippen LogP contribution in [0.3, 0.4) is 0 Å². The molecule has 7 heteroatoms. The molecule has 1 aromatic carbocycles. The van der Waals surface area contributed by atoms with Crippen LogP contribution in [-0.2, 0) is 9.53 Å². The van der Waals surface area contributed by atoms with Gasteiger partial charge in [-0.3, -0.25) is 19.3 Å². The standard InChI is InChI=1S/C18H23N3O4/c1-20-10-11-25-13(12-20)6-8-19-16(22)7-9-21-17(23)14-4-2-3-5-15(14)18(21)24/h2-5,13H,6-12H2,1H3,(H,19,22). The zero-order valence-electron chi connectivity index (χ0n) is 14.4. The Morgan fingerprint density at radius 3 is 2.56 bits per heavy atom. The van der Waals surface area contributed by atoms with Crippen molar-refractivity contribution in [2.45, 2.75) is 18.9 Å². The molecule has 2 aliphatic rings. The molecule has 0 bridgehead atoms. The van der Waals surface area contributed by atoms with Crippen molar-refractivity contribution in [3.05, 3.63) is 35.4 Å². The molecule has 1 atom stereocenters. The van der Waals surface area contributed by atoms with Gasteiger partial charge >= 0.3 is 0 Å². The molecule has 7 nitrogen and oxygen atoms in total. The lowest BCUT2D eigenvalue weighted by Gasteiger charge is -2.30. The van der Waals surface area contributed by atoms with Gasteiger partial charge in [0.1, 0.15) is 0 Å². The average Bonchev–Trinajstić information content (AvgIpc) is 2.85. The molecule has 134 valence electrons. The summed E-state index contributed by atoms with van der Waals surface area (Å²) < 4.78 is 5.64. The number of fused-ring (bicyclic) bond motifs is 1. The van der Waals surface area contributed by atoms with Gasteiger partial charge in [-0.25, -0.2) is 0 Å². The highest BCUT2D eigenvalue weighted by molar-refractivity contribution is 6.21. The second kappa shape index (κ2) is 7.76. The quantitative estimate of drug-likeness (QED) is 0.760. The average molecular weight is 345 g/mol. The first-order chi connectivity index (χ1) is 12.1. The summed E-state index contributed by atoms with van der Waals surface area (Å²) in [5.41, 5.74) is 0.818. The lowest BCUT2D eigenvalue weighted by Crippen LogP contribution is -2.41. The van der Waals surface area contributed by atoms with Crippen molar-refractivity contribution in [1.82, 2.24) is 15.1 Å². The Kier molecular flexibility index (Phi) is 5.45. The number of carbonyl (C=O) groups is 3. The summed E-state index contributed by atoms with van der Waals surface area (Å²) >= 11 is 0. The summed E-state index contributed by atoms with van der Waals surface area (Å²) in [4.78, 5) is 39.8. The molecular weight excluding hydrogens is 322 g/mol. The molecule has 2 aliphatic heterocycles. The van der Waals surface area contributed by atoms with E-state index in [1.54, 1.807) is 24.3 Å². The fourth-order valence-electron chi connectivity index (χ4n) is 3.16. The van der Waals surface area contributed by atoms with E-state index in [-0.39, 0.29) is 36.8 Å². The van der Waals surface area contributed by atoms with Gasteiger partial charge in [-0.15, -0.1) is 0 Å². The van der Waals surface area contributed by atoms with Crippen LogP contribution in [0.15, 0.2) is 24.3 Å². The van der Waals surface area contributed by atoms with Crippen LogP contribution in [0, 0.1) is 0 Å². The molecule has 0 aliphatic carbocycles.